The summed E-state index contributed by atoms with van der Waals surface area (Å²) in [6, 6.07) is 61.5. The van der Waals surface area contributed by atoms with Crippen LogP contribution in [0, 0.1) is 17.8 Å². The summed E-state index contributed by atoms with van der Waals surface area (Å²) in [5.74, 6) is -1.31. The minimum atomic E-state index is -1.18. The van der Waals surface area contributed by atoms with Gasteiger partial charge in [-0.15, -0.1) is 0 Å². The molecule has 10 aliphatic heterocycles. The highest BCUT2D eigenvalue weighted by Crippen LogP contribution is 2.37. The number of quaternary nitrogens is 1. The molecule has 10 fully saturated rings. The average molecular weight is 2060 g/mol. The van der Waals surface area contributed by atoms with Crippen molar-refractivity contribution in [3.05, 3.63) is 269 Å². The van der Waals surface area contributed by atoms with E-state index in [1.165, 1.54) is 45.7 Å². The van der Waals surface area contributed by atoms with Crippen molar-refractivity contribution < 1.29 is 137 Å². The van der Waals surface area contributed by atoms with Crippen LogP contribution < -0.4 is 47.1 Å². The number of amides is 3. The quantitative estimate of drug-likeness (QED) is 0.00839. The van der Waals surface area contributed by atoms with E-state index in [0.29, 0.717) is 86.4 Å². The Balaban J connectivity index is 0.000000225. The second-order valence-corrected chi connectivity index (χ2v) is 38.5. The van der Waals surface area contributed by atoms with Crippen molar-refractivity contribution in [1.82, 2.24) is 25.8 Å². The van der Waals surface area contributed by atoms with Crippen molar-refractivity contribution in [3.8, 4) is 17.2 Å². The monoisotopic (exact) mass is 2060 g/mol. The molecule has 10 aliphatic rings. The fourth-order valence-corrected chi connectivity index (χ4v) is 16.7. The maximum atomic E-state index is 13.7. The van der Waals surface area contributed by atoms with E-state index in [2.05, 4.69) is 46.4 Å². The number of carbonyl (C=O) groups excluding carboxylic acids is 11. The Hall–Kier alpha value is -12.0. The number of alkyl halides is 1. The highest BCUT2D eigenvalue weighted by atomic mass is 79.9. The van der Waals surface area contributed by atoms with Crippen LogP contribution in [-0.2, 0) is 71.6 Å². The number of carbonyl (C=O) groups is 12. The fourth-order valence-electron chi connectivity index (χ4n) is 16.4. The first-order valence-corrected chi connectivity index (χ1v) is 48.5. The Kier molecular flexibility index (Phi) is 45.6. The number of hydrogen-bond acceptors (Lipinski definition) is 25. The van der Waals surface area contributed by atoms with E-state index >= 15 is 0 Å². The summed E-state index contributed by atoms with van der Waals surface area (Å²) in [6.45, 7) is 30.2. The number of fused-ring (bicyclic) bond motifs is 9. The predicted octanol–water partition coefficient (Wildman–Crippen LogP) is 13.5. The Labute approximate surface area is 839 Å². The molecule has 6 atom stereocenters. The lowest BCUT2D eigenvalue weighted by molar-refractivity contribution is -0.938. The van der Waals surface area contributed by atoms with Crippen LogP contribution in [0.3, 0.4) is 0 Å². The molecule has 754 valence electrons. The van der Waals surface area contributed by atoms with Gasteiger partial charge in [-0.1, -0.05) is 168 Å². The van der Waals surface area contributed by atoms with Gasteiger partial charge in [0.2, 0.25) is 5.78 Å². The number of aliphatic carboxylic acids is 1. The fraction of sp³-hybridized carbons (Fsp3) is 0.444. The molecule has 18 rings (SSSR count). The topological polar surface area (TPSA) is 380 Å². The second kappa shape index (κ2) is 56.4. The van der Waals surface area contributed by atoms with E-state index in [0.717, 1.165) is 94.9 Å². The van der Waals surface area contributed by atoms with Gasteiger partial charge in [0.25, 0.3) is 0 Å². The van der Waals surface area contributed by atoms with E-state index < -0.39 is 89.0 Å². The summed E-state index contributed by atoms with van der Waals surface area (Å²) < 4.78 is 54.1. The molecule has 8 aromatic carbocycles. The van der Waals surface area contributed by atoms with E-state index in [9.17, 15) is 67.7 Å². The molecule has 10 heterocycles. The van der Waals surface area contributed by atoms with Gasteiger partial charge in [-0.05, 0) is 235 Å². The van der Waals surface area contributed by atoms with Crippen molar-refractivity contribution in [3.63, 3.8) is 0 Å². The van der Waals surface area contributed by atoms with Crippen LogP contribution in [0.5, 0.6) is 17.2 Å². The lowest BCUT2D eigenvalue weighted by atomic mass is 9.82. The number of aliphatic hydroxyl groups is 1. The maximum absolute atomic E-state index is 13.7. The highest BCUT2D eigenvalue weighted by Gasteiger charge is 2.49. The number of nitrogens with zero attached hydrogens (tertiary/aromatic N) is 3. The molecule has 0 unspecified atom stereocenters. The first kappa shape index (κ1) is 113. The average Bonchev–Trinajstić information content (AvgIpc) is 0.780. The Bertz CT molecular complexity index is 5230. The molecule has 140 heavy (non-hydrogen) atoms. The van der Waals surface area contributed by atoms with Gasteiger partial charge in [0.1, 0.15) is 71.4 Å². The largest absolute Gasteiger partial charge is 1.00 e. The van der Waals surface area contributed by atoms with Crippen LogP contribution in [-0.4, -0.2) is 240 Å². The molecule has 3 amide bonds. The number of nitrogens with one attached hydrogen (secondary N) is 3. The van der Waals surface area contributed by atoms with Gasteiger partial charge >= 0.3 is 60.1 Å². The third-order valence-electron chi connectivity index (χ3n) is 23.5. The minimum Gasteiger partial charge on any atom is -1.00 e. The van der Waals surface area contributed by atoms with Crippen LogP contribution in [0.25, 0.3) is 0 Å². The number of carboxylic acid groups (broad SMARTS) is 1. The molecule has 0 aromatic heterocycles. The number of benzene rings is 8. The molecule has 0 aliphatic carbocycles. The number of Topliss-reactive ketones (excluding diaryl/α,β-unsaturated/α-hetero) is 2. The van der Waals surface area contributed by atoms with E-state index in [-0.39, 0.29) is 78.0 Å². The van der Waals surface area contributed by atoms with Gasteiger partial charge in [-0.2, -0.15) is 0 Å². The van der Waals surface area contributed by atoms with Gasteiger partial charge in [0.05, 0.1) is 47.8 Å². The first-order chi connectivity index (χ1) is 66.3. The zero-order valence-electron chi connectivity index (χ0n) is 81.7. The molecule has 5 N–H and O–H groups in total. The Morgan fingerprint density at radius 2 is 0.750 bits per heavy atom. The number of esters is 6. The molecular formula is C108H134Br2N6O24. The summed E-state index contributed by atoms with van der Waals surface area (Å²) in [5, 5.41) is 26.8. The summed E-state index contributed by atoms with van der Waals surface area (Å²) >= 11 is 3.10. The first-order valence-electron chi connectivity index (χ1n) is 47.4. The second-order valence-electron chi connectivity index (χ2n) is 38.0. The summed E-state index contributed by atoms with van der Waals surface area (Å²) in [7, 11) is 0. The van der Waals surface area contributed by atoms with Crippen molar-refractivity contribution in [1.29, 1.82) is 0 Å². The number of ether oxygens (including phenoxy) is 10. The van der Waals surface area contributed by atoms with Gasteiger partial charge in [-0.3, -0.25) is 19.3 Å². The van der Waals surface area contributed by atoms with Gasteiger partial charge in [0, 0.05) is 82.4 Å². The molecule has 0 saturated carbocycles. The number of aliphatic hydroxyl groups excluding tert-OH is 1. The molecule has 30 nitrogen and oxygen atoms in total. The molecule has 32 heteroatoms. The zero-order valence-corrected chi connectivity index (χ0v) is 84.9. The third-order valence-corrected chi connectivity index (χ3v) is 24.0. The van der Waals surface area contributed by atoms with Crippen molar-refractivity contribution in [2.24, 2.45) is 17.8 Å². The minimum absolute atomic E-state index is 0. The van der Waals surface area contributed by atoms with Crippen LogP contribution in [0.1, 0.15) is 196 Å². The molecule has 0 spiro atoms. The number of ketones is 2. The van der Waals surface area contributed by atoms with Crippen molar-refractivity contribution in [2.45, 2.75) is 200 Å². The third kappa shape index (κ3) is 40.3. The van der Waals surface area contributed by atoms with Gasteiger partial charge in [-0.25, -0.2) is 43.2 Å². The Morgan fingerprint density at radius 3 is 1.03 bits per heavy atom. The molecule has 10 saturated heterocycles. The van der Waals surface area contributed by atoms with Crippen LogP contribution >= 0.6 is 15.9 Å². The molecule has 8 aromatic rings. The highest BCUT2D eigenvalue weighted by molar-refractivity contribution is 9.09. The normalized spacial score (nSPS) is 19.9. The Morgan fingerprint density at radius 1 is 0.429 bits per heavy atom. The van der Waals surface area contributed by atoms with Crippen LogP contribution in [0.2, 0.25) is 0 Å². The van der Waals surface area contributed by atoms with E-state index in [4.69, 9.17) is 42.6 Å². The molecule has 6 bridgehead atoms. The smallest absolute Gasteiger partial charge is 0.408 e. The molecular weight excluding hydrogens is 1930 g/mol. The maximum Gasteiger partial charge on any atom is 0.408 e. The molecule has 0 radical (unpaired) electrons. The lowest BCUT2D eigenvalue weighted by Crippen LogP contribution is -3.00. The summed E-state index contributed by atoms with van der Waals surface area (Å²) in [5.41, 5.74) is 2.78. The number of rotatable bonds is 26. The number of piperidine rings is 9. The lowest BCUT2D eigenvalue weighted by Gasteiger charge is -2.51. The number of alkyl carbamates (subject to hydrolysis) is 3. The van der Waals surface area contributed by atoms with Crippen LogP contribution in [0.4, 0.5) is 14.4 Å². The van der Waals surface area contributed by atoms with Crippen LogP contribution in [0.15, 0.2) is 224 Å². The standard InChI is InChI=1S/C36H40N2O7.C28H34N2O6.C21H23NO6.C8H7BrO.C7H13NO.C4H8O2.C4H8O.BrH/c1-36(2,3)45-35(42)37-30(22-25-14-16-29(17-15-25)43-33(40)28-12-8-5-9-13-28)34(41)44-32-24-38(20-18-27(32)19-21-38)23-31(39)26-10-6-4-7-11-26;1-28(2,3)36-27(33)29-23(26(32)35-24-18-30-15-13-20(24)14-16-30)17-19-9-11-22(12-10-19)34-25(31)21-7-5-4-6-8-21;1-21(2,3)28-20(26)22-17(18(23)24)13-14-9-11-16(12-10-14)27-19(25)15-7-5-4-6-8-15;9-6-8(10)7-4-2-1-3-5-7;9-7-5-8-3-1-6(7)2-4-8;1-3-6-4(2)5;1-2-4-5-3-1;/h4-17,27,30,32H,18-24H2,1-3H3;4-12,20,23-24H,13-18H2,1-3H3,(H,29,33);4-12,17H,13H2,1-3H3,(H,22,26)(H,23,24);1-5H,6H2;6-7,9H,1-5H2;3H2,1-2H3;1-4H2;1H/t27?,30-,32-,38?;23-,24-;17-;;7-;;;/m000.0.../s1. The van der Waals surface area contributed by atoms with E-state index in [1.54, 1.807) is 221 Å². The van der Waals surface area contributed by atoms with Crippen molar-refractivity contribution >= 4 is 87.6 Å². The predicted molar refractivity (Wildman–Crippen MR) is 526 cm³/mol. The number of hydrogen-bond donors (Lipinski definition) is 5. The SMILES string of the molecule is C1CCOC1.CC(C)(C)OC(=O)N[C@@H](Cc1ccc(OC(=O)c2ccccc2)cc1)C(=O)O.CC(C)(C)OC(=O)N[C@@H](Cc1ccc(OC(=O)c2ccccc2)cc1)C(=O)O[C@H]1CN2CCC1CC2.CC(C)(C)OC(=O)N[C@@H](Cc1ccc(OC(=O)c2ccccc2)cc1)C(=O)O[C@H]1C[N+]2(CC(=O)c3ccccc3)CCC1CC2.CCOC(C)=O.O=C(CBr)c1ccccc1.O[C@H]1CN2CCC1CC2.[Br-]. The number of carboxylic acids is 1. The van der Waals surface area contributed by atoms with Gasteiger partial charge < -0.3 is 99.9 Å². The zero-order chi connectivity index (χ0) is 101. The summed E-state index contributed by atoms with van der Waals surface area (Å²) in [4.78, 5) is 151. The van der Waals surface area contributed by atoms with Crippen molar-refractivity contribution in [2.75, 3.05) is 90.6 Å². The summed E-state index contributed by atoms with van der Waals surface area (Å²) in [6.07, 6.45) is 6.48. The van der Waals surface area contributed by atoms with Gasteiger partial charge in [0.15, 0.2) is 11.9 Å². The van der Waals surface area contributed by atoms with E-state index in [1.807, 2.05) is 72.8 Å². The number of halogens is 2.